The third kappa shape index (κ3) is 4.07. The first kappa shape index (κ1) is 19.4. The fourth-order valence-corrected chi connectivity index (χ4v) is 3.18. The lowest BCUT2D eigenvalue weighted by molar-refractivity contribution is 0.340. The summed E-state index contributed by atoms with van der Waals surface area (Å²) in [7, 11) is 0. The summed E-state index contributed by atoms with van der Waals surface area (Å²) in [6.07, 6.45) is 0.281. The molecule has 8 heteroatoms. The van der Waals surface area contributed by atoms with E-state index in [0.717, 1.165) is 27.9 Å². The average molecular weight is 403 g/mol. The minimum absolute atomic E-state index is 0.0685. The van der Waals surface area contributed by atoms with E-state index in [9.17, 15) is 9.90 Å². The van der Waals surface area contributed by atoms with Gasteiger partial charge >= 0.3 is 0 Å². The SMILES string of the molecule is CCOc1ccc2nc(Nc3nc(O)c(Cc4ccccc4)c(=O)[nH]3)nc(C)c2c1. The van der Waals surface area contributed by atoms with Gasteiger partial charge in [-0.1, -0.05) is 30.3 Å². The van der Waals surface area contributed by atoms with Crippen molar-refractivity contribution in [2.75, 3.05) is 11.9 Å². The monoisotopic (exact) mass is 403 g/mol. The van der Waals surface area contributed by atoms with Gasteiger partial charge in [0.1, 0.15) is 5.75 Å². The molecule has 0 bridgehead atoms. The third-order valence-electron chi connectivity index (χ3n) is 4.62. The molecule has 0 saturated heterocycles. The Morgan fingerprint density at radius 2 is 1.90 bits per heavy atom. The van der Waals surface area contributed by atoms with Crippen LogP contribution in [0.5, 0.6) is 11.6 Å². The molecule has 0 unspecified atom stereocenters. The van der Waals surface area contributed by atoms with Crippen molar-refractivity contribution in [2.45, 2.75) is 20.3 Å². The number of benzene rings is 2. The third-order valence-corrected chi connectivity index (χ3v) is 4.62. The van der Waals surface area contributed by atoms with Crippen molar-refractivity contribution in [3.05, 3.63) is 75.7 Å². The van der Waals surface area contributed by atoms with Crippen LogP contribution in [-0.2, 0) is 6.42 Å². The number of ether oxygens (including phenoxy) is 1. The minimum Gasteiger partial charge on any atom is -0.494 e. The number of aromatic hydroxyl groups is 1. The standard InChI is InChI=1S/C22H21N5O3/c1-3-30-15-9-10-18-16(12-15)13(2)23-21(24-18)27-22-25-19(28)17(20(29)26-22)11-14-7-5-4-6-8-14/h4-10,12H,3,11H2,1-2H3,(H3,23,24,25,26,27,28,29). The van der Waals surface area contributed by atoms with Gasteiger partial charge in [0.05, 0.1) is 23.4 Å². The molecule has 3 N–H and O–H groups in total. The Bertz CT molecular complexity index is 1260. The van der Waals surface area contributed by atoms with Gasteiger partial charge in [0.2, 0.25) is 17.8 Å². The van der Waals surface area contributed by atoms with Gasteiger partial charge in [-0.2, -0.15) is 4.98 Å². The summed E-state index contributed by atoms with van der Waals surface area (Å²) in [5.41, 5.74) is 2.15. The largest absolute Gasteiger partial charge is 0.494 e. The Morgan fingerprint density at radius 1 is 1.10 bits per heavy atom. The molecule has 8 nitrogen and oxygen atoms in total. The van der Waals surface area contributed by atoms with Crippen molar-refractivity contribution >= 4 is 22.8 Å². The number of aryl methyl sites for hydroxylation is 1. The summed E-state index contributed by atoms with van der Waals surface area (Å²) in [5.74, 6) is 0.757. The van der Waals surface area contributed by atoms with Gasteiger partial charge in [-0.15, -0.1) is 0 Å². The Hall–Kier alpha value is -3.94. The van der Waals surface area contributed by atoms with E-state index in [2.05, 4.69) is 25.3 Å². The number of rotatable bonds is 6. The second-order valence-corrected chi connectivity index (χ2v) is 6.75. The summed E-state index contributed by atoms with van der Waals surface area (Å²) in [6.45, 7) is 4.37. The van der Waals surface area contributed by atoms with Crippen LogP contribution in [0.3, 0.4) is 0 Å². The molecule has 0 aliphatic carbocycles. The van der Waals surface area contributed by atoms with E-state index in [1.54, 1.807) is 0 Å². The van der Waals surface area contributed by atoms with Gasteiger partial charge in [-0.25, -0.2) is 9.97 Å². The van der Waals surface area contributed by atoms with E-state index in [-0.39, 0.29) is 29.8 Å². The zero-order chi connectivity index (χ0) is 21.1. The van der Waals surface area contributed by atoms with Crippen LogP contribution in [0.1, 0.15) is 23.7 Å². The predicted octanol–water partition coefficient (Wildman–Crippen LogP) is 3.46. The molecular weight excluding hydrogens is 382 g/mol. The second kappa shape index (κ2) is 8.20. The second-order valence-electron chi connectivity index (χ2n) is 6.75. The van der Waals surface area contributed by atoms with Gasteiger partial charge in [0, 0.05) is 11.8 Å². The molecule has 0 spiro atoms. The number of H-pyrrole nitrogens is 1. The van der Waals surface area contributed by atoms with Crippen molar-refractivity contribution in [1.29, 1.82) is 0 Å². The number of fused-ring (bicyclic) bond motifs is 1. The van der Waals surface area contributed by atoms with Gasteiger partial charge < -0.3 is 9.84 Å². The van der Waals surface area contributed by atoms with Gasteiger partial charge in [-0.3, -0.25) is 15.1 Å². The van der Waals surface area contributed by atoms with Crippen molar-refractivity contribution in [3.8, 4) is 11.6 Å². The lowest BCUT2D eigenvalue weighted by atomic mass is 10.1. The molecule has 4 aromatic rings. The summed E-state index contributed by atoms with van der Waals surface area (Å²) in [6, 6.07) is 15.0. The molecule has 0 aliphatic heterocycles. The first-order chi connectivity index (χ1) is 14.5. The molecule has 0 aliphatic rings. The predicted molar refractivity (Wildman–Crippen MR) is 114 cm³/mol. The van der Waals surface area contributed by atoms with E-state index in [1.165, 1.54) is 0 Å². The lowest BCUT2D eigenvalue weighted by Crippen LogP contribution is -2.17. The first-order valence-electron chi connectivity index (χ1n) is 9.58. The molecule has 0 saturated carbocycles. The van der Waals surface area contributed by atoms with E-state index in [1.807, 2.05) is 62.4 Å². The smallest absolute Gasteiger partial charge is 0.259 e. The van der Waals surface area contributed by atoms with Crippen LogP contribution in [0.2, 0.25) is 0 Å². The fourth-order valence-electron chi connectivity index (χ4n) is 3.18. The highest BCUT2D eigenvalue weighted by Crippen LogP contribution is 2.24. The molecule has 2 aromatic heterocycles. The van der Waals surface area contributed by atoms with Crippen molar-refractivity contribution in [3.63, 3.8) is 0 Å². The van der Waals surface area contributed by atoms with Crippen LogP contribution in [-0.4, -0.2) is 31.6 Å². The molecule has 2 aromatic carbocycles. The zero-order valence-electron chi connectivity index (χ0n) is 16.6. The van der Waals surface area contributed by atoms with E-state index in [4.69, 9.17) is 4.74 Å². The average Bonchev–Trinajstić information content (AvgIpc) is 2.72. The van der Waals surface area contributed by atoms with Crippen LogP contribution in [0.4, 0.5) is 11.9 Å². The van der Waals surface area contributed by atoms with E-state index >= 15 is 0 Å². The van der Waals surface area contributed by atoms with Crippen LogP contribution in [0.15, 0.2) is 53.3 Å². The van der Waals surface area contributed by atoms with Crippen LogP contribution in [0, 0.1) is 6.92 Å². The van der Waals surface area contributed by atoms with Crippen LogP contribution in [0.25, 0.3) is 10.9 Å². The van der Waals surface area contributed by atoms with E-state index in [0.29, 0.717) is 6.61 Å². The molecule has 4 rings (SSSR count). The first-order valence-corrected chi connectivity index (χ1v) is 9.58. The molecule has 2 heterocycles. The highest BCUT2D eigenvalue weighted by atomic mass is 16.5. The number of nitrogens with one attached hydrogen (secondary N) is 2. The number of aromatic nitrogens is 4. The van der Waals surface area contributed by atoms with Crippen molar-refractivity contribution in [2.24, 2.45) is 0 Å². The number of hydrogen-bond acceptors (Lipinski definition) is 7. The summed E-state index contributed by atoms with van der Waals surface area (Å²) in [5, 5.41) is 14.0. The highest BCUT2D eigenvalue weighted by Gasteiger charge is 2.13. The summed E-state index contributed by atoms with van der Waals surface area (Å²) in [4.78, 5) is 28.1. The molecule has 0 amide bonds. The molecule has 0 fully saturated rings. The molecule has 152 valence electrons. The Morgan fingerprint density at radius 3 is 2.63 bits per heavy atom. The van der Waals surface area contributed by atoms with Gasteiger partial charge in [0.15, 0.2) is 0 Å². The maximum Gasteiger partial charge on any atom is 0.259 e. The van der Waals surface area contributed by atoms with Crippen LogP contribution >= 0.6 is 0 Å². The zero-order valence-corrected chi connectivity index (χ0v) is 16.6. The number of anilines is 2. The molecule has 0 atom stereocenters. The number of hydrogen-bond donors (Lipinski definition) is 3. The Labute approximate surface area is 172 Å². The highest BCUT2D eigenvalue weighted by molar-refractivity contribution is 5.83. The lowest BCUT2D eigenvalue weighted by Gasteiger charge is -2.10. The van der Waals surface area contributed by atoms with Gasteiger partial charge in [-0.05, 0) is 37.6 Å². The normalized spacial score (nSPS) is 10.9. The molecule has 30 heavy (non-hydrogen) atoms. The van der Waals surface area contributed by atoms with Gasteiger partial charge in [0.25, 0.3) is 5.56 Å². The summed E-state index contributed by atoms with van der Waals surface area (Å²) < 4.78 is 5.53. The molecule has 0 radical (unpaired) electrons. The fraction of sp³-hybridized carbons (Fsp3) is 0.182. The van der Waals surface area contributed by atoms with Crippen molar-refractivity contribution < 1.29 is 9.84 Å². The summed E-state index contributed by atoms with van der Waals surface area (Å²) >= 11 is 0. The number of nitrogens with zero attached hydrogens (tertiary/aromatic N) is 3. The van der Waals surface area contributed by atoms with E-state index < -0.39 is 5.56 Å². The maximum atomic E-state index is 12.5. The quantitative estimate of drug-likeness (QED) is 0.452. The number of aromatic amines is 1. The van der Waals surface area contributed by atoms with Crippen LogP contribution < -0.4 is 15.6 Å². The van der Waals surface area contributed by atoms with Crippen molar-refractivity contribution in [1.82, 2.24) is 19.9 Å². The Balaban J connectivity index is 1.62. The Kier molecular flexibility index (Phi) is 5.30. The minimum atomic E-state index is -0.423. The molecular formula is C22H21N5O3. The topological polar surface area (TPSA) is 113 Å². The maximum absolute atomic E-state index is 12.5.